The van der Waals surface area contributed by atoms with E-state index in [9.17, 15) is 4.39 Å². The highest BCUT2D eigenvalue weighted by atomic mass is 19.1. The van der Waals surface area contributed by atoms with Crippen LogP contribution >= 0.6 is 0 Å². The first-order valence-electron chi connectivity index (χ1n) is 6.99. The van der Waals surface area contributed by atoms with Crippen LogP contribution in [0.2, 0.25) is 0 Å². The minimum atomic E-state index is -0.664. The van der Waals surface area contributed by atoms with Crippen molar-refractivity contribution < 1.29 is 8.81 Å². The molecule has 9 nitrogen and oxygen atoms in total. The molecule has 0 saturated heterocycles. The number of hydrogen-bond donors (Lipinski definition) is 2. The van der Waals surface area contributed by atoms with Gasteiger partial charge in [0.15, 0.2) is 11.5 Å². The maximum absolute atomic E-state index is 14.3. The summed E-state index contributed by atoms with van der Waals surface area (Å²) >= 11 is 0. The highest BCUT2D eigenvalue weighted by Crippen LogP contribution is 2.29. The fourth-order valence-corrected chi connectivity index (χ4v) is 2.07. The van der Waals surface area contributed by atoms with Crippen LogP contribution in [0.3, 0.4) is 0 Å². The van der Waals surface area contributed by atoms with Gasteiger partial charge in [0, 0.05) is 19.3 Å². The lowest BCUT2D eigenvalue weighted by atomic mass is 10.2. The summed E-state index contributed by atoms with van der Waals surface area (Å²) in [5.74, 6) is -0.00355. The molecule has 0 spiro atoms. The van der Waals surface area contributed by atoms with Gasteiger partial charge in [0.2, 0.25) is 0 Å². The first kappa shape index (κ1) is 15.2. The van der Waals surface area contributed by atoms with E-state index in [0.717, 1.165) is 6.54 Å². The number of nitrogens with two attached hydrogens (primary N) is 1. The van der Waals surface area contributed by atoms with E-state index in [2.05, 4.69) is 25.7 Å². The van der Waals surface area contributed by atoms with Gasteiger partial charge in [-0.2, -0.15) is 0 Å². The quantitative estimate of drug-likeness (QED) is 0.709. The van der Waals surface area contributed by atoms with E-state index >= 15 is 0 Å². The maximum Gasteiger partial charge on any atom is 0.315 e. The van der Waals surface area contributed by atoms with E-state index in [-0.39, 0.29) is 23.2 Å². The van der Waals surface area contributed by atoms with Crippen molar-refractivity contribution >= 4 is 17.3 Å². The lowest BCUT2D eigenvalue weighted by Gasteiger charge is -2.08. The van der Waals surface area contributed by atoms with E-state index in [0.29, 0.717) is 17.9 Å². The summed E-state index contributed by atoms with van der Waals surface area (Å²) in [5, 5.41) is 18.4. The number of aryl methyl sites for hydroxylation is 1. The van der Waals surface area contributed by atoms with Crippen molar-refractivity contribution in [3.63, 3.8) is 0 Å². The third kappa shape index (κ3) is 2.80. The van der Waals surface area contributed by atoms with Crippen LogP contribution in [-0.2, 0) is 0 Å². The number of likely N-dealkylation sites (N-methyl/N-ethyl adjacent to an activating group) is 1. The summed E-state index contributed by atoms with van der Waals surface area (Å²) in [7, 11) is 3.92. The number of nitrogens with zero attached hydrogens (tertiary/aromatic N) is 6. The lowest BCUT2D eigenvalue weighted by molar-refractivity contribution is 0.422. The van der Waals surface area contributed by atoms with Gasteiger partial charge in [-0.1, -0.05) is 5.10 Å². The fourth-order valence-electron chi connectivity index (χ4n) is 2.07. The molecule has 0 saturated carbocycles. The first-order chi connectivity index (χ1) is 11.0. The monoisotopic (exact) mass is 320 g/mol. The molecule has 0 aliphatic rings. The molecule has 0 aliphatic heterocycles. The van der Waals surface area contributed by atoms with E-state index in [1.165, 1.54) is 4.40 Å². The van der Waals surface area contributed by atoms with Crippen molar-refractivity contribution in [3.8, 4) is 11.5 Å². The van der Waals surface area contributed by atoms with Gasteiger partial charge >= 0.3 is 6.01 Å². The number of fused-ring (bicyclic) bond motifs is 1. The average Bonchev–Trinajstić information content (AvgIpc) is 3.10. The molecule has 3 aromatic rings. The zero-order valence-corrected chi connectivity index (χ0v) is 13.0. The average molecular weight is 320 g/mol. The summed E-state index contributed by atoms with van der Waals surface area (Å²) in [6.07, 6.45) is 1.58. The van der Waals surface area contributed by atoms with Crippen molar-refractivity contribution in [1.29, 1.82) is 0 Å². The van der Waals surface area contributed by atoms with Crippen LogP contribution < -0.4 is 11.1 Å². The van der Waals surface area contributed by atoms with Crippen LogP contribution in [0.25, 0.3) is 17.1 Å². The zero-order valence-electron chi connectivity index (χ0n) is 13.0. The molecule has 0 fully saturated rings. The predicted molar refractivity (Wildman–Crippen MR) is 82.4 cm³/mol. The van der Waals surface area contributed by atoms with Crippen LogP contribution in [0.4, 0.5) is 16.1 Å². The lowest BCUT2D eigenvalue weighted by Crippen LogP contribution is -2.20. The van der Waals surface area contributed by atoms with Crippen LogP contribution in [0.1, 0.15) is 5.82 Å². The Morgan fingerprint density at radius 3 is 2.83 bits per heavy atom. The highest BCUT2D eigenvalue weighted by Gasteiger charge is 2.19. The molecular weight excluding hydrogens is 303 g/mol. The van der Waals surface area contributed by atoms with Crippen molar-refractivity contribution in [2.24, 2.45) is 0 Å². The van der Waals surface area contributed by atoms with E-state index in [4.69, 9.17) is 10.2 Å². The molecule has 0 aliphatic carbocycles. The zero-order chi connectivity index (χ0) is 16.6. The number of halogens is 1. The summed E-state index contributed by atoms with van der Waals surface area (Å²) in [6, 6.07) is 0.252. The summed E-state index contributed by atoms with van der Waals surface area (Å²) < 4.78 is 21.3. The molecule has 0 radical (unpaired) electrons. The number of pyridine rings is 1. The fraction of sp³-hybridized carbons (Fsp3) is 0.385. The SMILES string of the molecule is Cc1nnc2c(F)c(N)c(-c3nnc(NCCN(C)C)o3)cn12. The molecule has 122 valence electrons. The smallest absolute Gasteiger partial charge is 0.315 e. The Balaban J connectivity index is 1.92. The Hall–Kier alpha value is -2.75. The number of anilines is 2. The normalized spacial score (nSPS) is 11.5. The second-order valence-electron chi connectivity index (χ2n) is 5.35. The molecule has 3 N–H and O–H groups in total. The number of hydrogen-bond acceptors (Lipinski definition) is 8. The second-order valence-corrected chi connectivity index (χ2v) is 5.35. The largest absolute Gasteiger partial charge is 0.403 e. The number of nitrogen functional groups attached to an aromatic ring is 1. The predicted octanol–water partition coefficient (Wildman–Crippen LogP) is 0.783. The van der Waals surface area contributed by atoms with Gasteiger partial charge < -0.3 is 20.4 Å². The van der Waals surface area contributed by atoms with Gasteiger partial charge in [0.25, 0.3) is 5.89 Å². The van der Waals surface area contributed by atoms with Crippen LogP contribution in [0.15, 0.2) is 10.6 Å². The second kappa shape index (κ2) is 5.80. The van der Waals surface area contributed by atoms with Gasteiger partial charge in [-0.3, -0.25) is 4.40 Å². The summed E-state index contributed by atoms with van der Waals surface area (Å²) in [4.78, 5) is 2.01. The minimum absolute atomic E-state index is 0.0626. The van der Waals surface area contributed by atoms with E-state index < -0.39 is 5.82 Å². The van der Waals surface area contributed by atoms with E-state index in [1.807, 2.05) is 19.0 Å². The molecule has 10 heteroatoms. The molecule has 0 atom stereocenters. The third-order valence-electron chi connectivity index (χ3n) is 3.34. The van der Waals surface area contributed by atoms with Gasteiger partial charge in [0.05, 0.1) is 11.3 Å². The van der Waals surface area contributed by atoms with Crippen LogP contribution in [0.5, 0.6) is 0 Å². The topological polar surface area (TPSA) is 110 Å². The van der Waals surface area contributed by atoms with Crippen molar-refractivity contribution in [2.75, 3.05) is 38.2 Å². The van der Waals surface area contributed by atoms with Gasteiger partial charge in [-0.05, 0) is 21.0 Å². The van der Waals surface area contributed by atoms with Gasteiger partial charge in [-0.15, -0.1) is 15.3 Å². The van der Waals surface area contributed by atoms with Gasteiger partial charge in [-0.25, -0.2) is 4.39 Å². The highest BCUT2D eigenvalue weighted by molar-refractivity contribution is 5.74. The molecule has 3 aromatic heterocycles. The van der Waals surface area contributed by atoms with Crippen LogP contribution in [0, 0.1) is 12.7 Å². The van der Waals surface area contributed by atoms with Gasteiger partial charge in [0.1, 0.15) is 5.82 Å². The summed E-state index contributed by atoms with van der Waals surface area (Å²) in [5.41, 5.74) is 6.08. The standard InChI is InChI=1S/C13H17FN8O/c1-7-17-18-11-9(14)10(15)8(6-22(7)11)12-19-20-13(23-12)16-4-5-21(2)3/h6H,4-5,15H2,1-3H3,(H,16,20). The molecule has 0 amide bonds. The van der Waals surface area contributed by atoms with E-state index in [1.54, 1.807) is 13.1 Å². The third-order valence-corrected chi connectivity index (χ3v) is 3.34. The minimum Gasteiger partial charge on any atom is -0.403 e. The Kier molecular flexibility index (Phi) is 3.82. The Labute approximate surface area is 131 Å². The summed E-state index contributed by atoms with van der Waals surface area (Å²) in [6.45, 7) is 3.16. The Morgan fingerprint density at radius 1 is 1.30 bits per heavy atom. The van der Waals surface area contributed by atoms with Crippen molar-refractivity contribution in [2.45, 2.75) is 6.92 Å². The number of nitrogens with one attached hydrogen (secondary N) is 1. The molecule has 23 heavy (non-hydrogen) atoms. The number of rotatable bonds is 5. The first-order valence-corrected chi connectivity index (χ1v) is 6.99. The Bertz CT molecular complexity index is 840. The molecule has 0 unspecified atom stereocenters. The maximum atomic E-state index is 14.3. The van der Waals surface area contributed by atoms with Crippen molar-refractivity contribution in [3.05, 3.63) is 17.8 Å². The molecule has 3 rings (SSSR count). The molecule has 0 aromatic carbocycles. The van der Waals surface area contributed by atoms with Crippen LogP contribution in [-0.4, -0.2) is 56.9 Å². The Morgan fingerprint density at radius 2 is 2.09 bits per heavy atom. The van der Waals surface area contributed by atoms with Crippen molar-refractivity contribution in [1.82, 2.24) is 29.7 Å². The number of aromatic nitrogens is 5. The molecule has 0 bridgehead atoms. The molecular formula is C13H17FN8O. The molecule has 3 heterocycles.